The first-order chi connectivity index (χ1) is 8.47. The molecule has 1 atom stereocenters. The molecule has 1 saturated carbocycles. The highest BCUT2D eigenvalue weighted by atomic mass is 35.5. The Bertz CT molecular complexity index is 480. The van der Waals surface area contributed by atoms with Crippen LogP contribution in [0, 0.1) is 5.92 Å². The number of aryl methyl sites for hydroxylation is 1. The average Bonchev–Trinajstić information content (AvgIpc) is 3.03. The number of carbonyl (C=O) groups is 2. The van der Waals surface area contributed by atoms with E-state index in [0.29, 0.717) is 16.6 Å². The fraction of sp³-hybridized carbons (Fsp3) is 0.500. The number of carboxylic acid groups (broad SMARTS) is 1. The minimum Gasteiger partial charge on any atom is -0.481 e. The second kappa shape index (κ2) is 5.02. The molecule has 0 aromatic carbocycles. The van der Waals surface area contributed by atoms with Gasteiger partial charge in [0.2, 0.25) is 0 Å². The Balaban J connectivity index is 2.04. The molecule has 0 bridgehead atoms. The molecule has 2 N–H and O–H groups in total. The Kier molecular flexibility index (Phi) is 3.61. The van der Waals surface area contributed by atoms with Crippen LogP contribution in [0.4, 0.5) is 0 Å². The van der Waals surface area contributed by atoms with Crippen LogP contribution >= 0.6 is 11.6 Å². The molecular formula is C12H15ClN2O3. The number of carbonyl (C=O) groups excluding carboxylic acids is 1. The van der Waals surface area contributed by atoms with Crippen molar-refractivity contribution < 1.29 is 14.7 Å². The topological polar surface area (TPSA) is 71.3 Å². The highest BCUT2D eigenvalue weighted by Gasteiger charge is 2.34. The summed E-state index contributed by atoms with van der Waals surface area (Å²) in [4.78, 5) is 22.8. The van der Waals surface area contributed by atoms with E-state index < -0.39 is 5.97 Å². The van der Waals surface area contributed by atoms with Crippen molar-refractivity contribution >= 4 is 23.5 Å². The third kappa shape index (κ3) is 3.04. The van der Waals surface area contributed by atoms with E-state index in [9.17, 15) is 9.59 Å². The predicted octanol–water partition coefficient (Wildman–Crippen LogP) is 1.66. The summed E-state index contributed by atoms with van der Waals surface area (Å²) in [6, 6.07) is 1.28. The minimum absolute atomic E-state index is 0.0332. The number of hydrogen-bond donors (Lipinski definition) is 2. The lowest BCUT2D eigenvalue weighted by Gasteiger charge is -2.16. The van der Waals surface area contributed by atoms with E-state index in [0.717, 1.165) is 12.8 Å². The quantitative estimate of drug-likeness (QED) is 0.855. The number of aromatic nitrogens is 1. The number of rotatable bonds is 5. The van der Waals surface area contributed by atoms with Gasteiger partial charge in [-0.3, -0.25) is 9.59 Å². The molecule has 0 spiro atoms. The van der Waals surface area contributed by atoms with E-state index in [-0.39, 0.29) is 18.4 Å². The van der Waals surface area contributed by atoms with E-state index in [1.54, 1.807) is 23.9 Å². The highest BCUT2D eigenvalue weighted by molar-refractivity contribution is 6.31. The summed E-state index contributed by atoms with van der Waals surface area (Å²) >= 11 is 5.81. The molecule has 1 heterocycles. The Morgan fingerprint density at radius 3 is 2.72 bits per heavy atom. The zero-order chi connectivity index (χ0) is 13.3. The van der Waals surface area contributed by atoms with E-state index >= 15 is 0 Å². The lowest BCUT2D eigenvalue weighted by molar-refractivity contribution is -0.137. The second-order valence-electron chi connectivity index (χ2n) is 4.67. The number of amides is 1. The van der Waals surface area contributed by atoms with Gasteiger partial charge in [0.25, 0.3) is 5.91 Å². The largest absolute Gasteiger partial charge is 0.481 e. The average molecular weight is 271 g/mol. The second-order valence-corrected chi connectivity index (χ2v) is 5.11. The van der Waals surface area contributed by atoms with Crippen molar-refractivity contribution in [2.75, 3.05) is 0 Å². The molecule has 1 aliphatic carbocycles. The lowest BCUT2D eigenvalue weighted by Crippen LogP contribution is -2.38. The number of hydrogen-bond acceptors (Lipinski definition) is 2. The van der Waals surface area contributed by atoms with Crippen molar-refractivity contribution in [2.45, 2.75) is 25.3 Å². The van der Waals surface area contributed by atoms with Gasteiger partial charge in [-0.05, 0) is 24.8 Å². The SMILES string of the molecule is Cn1cc(Cl)cc1C(=O)NC(CC(=O)O)C1CC1. The minimum atomic E-state index is -0.892. The fourth-order valence-electron chi connectivity index (χ4n) is 2.01. The van der Waals surface area contributed by atoms with Crippen molar-refractivity contribution in [1.29, 1.82) is 0 Å². The van der Waals surface area contributed by atoms with Crippen molar-refractivity contribution in [3.05, 3.63) is 23.0 Å². The van der Waals surface area contributed by atoms with Crippen LogP contribution in [0.1, 0.15) is 29.8 Å². The molecule has 1 aromatic rings. The van der Waals surface area contributed by atoms with E-state index in [2.05, 4.69) is 5.32 Å². The molecule has 6 heteroatoms. The summed E-state index contributed by atoms with van der Waals surface area (Å²) in [6.07, 6.45) is 3.56. The normalized spacial score (nSPS) is 16.3. The molecule has 1 unspecified atom stereocenters. The molecule has 5 nitrogen and oxygen atoms in total. The van der Waals surface area contributed by atoms with Gasteiger partial charge in [-0.2, -0.15) is 0 Å². The molecule has 1 aliphatic rings. The van der Waals surface area contributed by atoms with Crippen molar-refractivity contribution in [2.24, 2.45) is 13.0 Å². The van der Waals surface area contributed by atoms with Gasteiger partial charge in [0.15, 0.2) is 0 Å². The van der Waals surface area contributed by atoms with Crippen LogP contribution in [0.5, 0.6) is 0 Å². The number of nitrogens with zero attached hydrogens (tertiary/aromatic N) is 1. The monoisotopic (exact) mass is 270 g/mol. The van der Waals surface area contributed by atoms with E-state index in [1.165, 1.54) is 0 Å². The Labute approximate surface area is 110 Å². The van der Waals surface area contributed by atoms with Crippen LogP contribution in [-0.4, -0.2) is 27.6 Å². The lowest BCUT2D eigenvalue weighted by atomic mass is 10.1. The highest BCUT2D eigenvalue weighted by Crippen LogP contribution is 2.34. The number of nitrogens with one attached hydrogen (secondary N) is 1. The van der Waals surface area contributed by atoms with Gasteiger partial charge in [0.05, 0.1) is 11.4 Å². The zero-order valence-corrected chi connectivity index (χ0v) is 10.8. The molecule has 18 heavy (non-hydrogen) atoms. The molecule has 0 radical (unpaired) electrons. The van der Waals surface area contributed by atoms with E-state index in [1.807, 2.05) is 0 Å². The molecule has 0 saturated heterocycles. The molecule has 1 amide bonds. The first kappa shape index (κ1) is 13.0. The molecule has 1 fully saturated rings. The van der Waals surface area contributed by atoms with Gasteiger partial charge >= 0.3 is 5.97 Å². The molecule has 2 rings (SSSR count). The zero-order valence-electron chi connectivity index (χ0n) is 10.0. The summed E-state index contributed by atoms with van der Waals surface area (Å²) in [7, 11) is 1.73. The Morgan fingerprint density at radius 1 is 1.61 bits per heavy atom. The third-order valence-electron chi connectivity index (χ3n) is 3.11. The van der Waals surface area contributed by atoms with Crippen LogP contribution in [0.3, 0.4) is 0 Å². The number of aliphatic carboxylic acids is 1. The van der Waals surface area contributed by atoms with Crippen LogP contribution in [0.2, 0.25) is 5.02 Å². The maximum absolute atomic E-state index is 12.0. The molecule has 98 valence electrons. The van der Waals surface area contributed by atoms with Crippen LogP contribution in [0.15, 0.2) is 12.3 Å². The third-order valence-corrected chi connectivity index (χ3v) is 3.31. The van der Waals surface area contributed by atoms with Crippen molar-refractivity contribution in [3.63, 3.8) is 0 Å². The van der Waals surface area contributed by atoms with E-state index in [4.69, 9.17) is 16.7 Å². The van der Waals surface area contributed by atoms with Gasteiger partial charge in [-0.25, -0.2) is 0 Å². The van der Waals surface area contributed by atoms with Gasteiger partial charge in [-0.15, -0.1) is 0 Å². The van der Waals surface area contributed by atoms with Crippen molar-refractivity contribution in [3.8, 4) is 0 Å². The van der Waals surface area contributed by atoms with Gasteiger partial charge in [-0.1, -0.05) is 11.6 Å². The van der Waals surface area contributed by atoms with Gasteiger partial charge in [0.1, 0.15) is 5.69 Å². The number of halogens is 1. The van der Waals surface area contributed by atoms with Crippen LogP contribution in [0.25, 0.3) is 0 Å². The summed E-state index contributed by atoms with van der Waals surface area (Å²) in [5.74, 6) is -0.875. The fourth-order valence-corrected chi connectivity index (χ4v) is 2.26. The maximum atomic E-state index is 12.0. The number of carboxylic acids is 1. The standard InChI is InChI=1S/C12H15ClN2O3/c1-15-6-8(13)4-10(15)12(18)14-9(5-11(16)17)7-2-3-7/h4,6-7,9H,2-3,5H2,1H3,(H,14,18)(H,16,17). The molecular weight excluding hydrogens is 256 g/mol. The summed E-state index contributed by atoms with van der Waals surface area (Å²) < 4.78 is 1.63. The summed E-state index contributed by atoms with van der Waals surface area (Å²) in [5.41, 5.74) is 0.441. The van der Waals surface area contributed by atoms with Crippen LogP contribution < -0.4 is 5.32 Å². The first-order valence-electron chi connectivity index (χ1n) is 5.82. The summed E-state index contributed by atoms with van der Waals surface area (Å²) in [5, 5.41) is 12.1. The predicted molar refractivity (Wildman–Crippen MR) is 66.7 cm³/mol. The van der Waals surface area contributed by atoms with Gasteiger partial charge in [0, 0.05) is 19.3 Å². The molecule has 1 aromatic heterocycles. The Morgan fingerprint density at radius 2 is 2.28 bits per heavy atom. The van der Waals surface area contributed by atoms with Crippen molar-refractivity contribution in [1.82, 2.24) is 9.88 Å². The maximum Gasteiger partial charge on any atom is 0.305 e. The molecule has 0 aliphatic heterocycles. The summed E-state index contributed by atoms with van der Waals surface area (Å²) in [6.45, 7) is 0. The Hall–Kier alpha value is -1.49. The van der Waals surface area contributed by atoms with Crippen LogP contribution in [-0.2, 0) is 11.8 Å². The smallest absolute Gasteiger partial charge is 0.305 e. The first-order valence-corrected chi connectivity index (χ1v) is 6.19. The van der Waals surface area contributed by atoms with Gasteiger partial charge < -0.3 is 15.0 Å².